The maximum Gasteiger partial charge on any atom is 0.340 e. The SMILES string of the molecule is Cc1ccc(C)c(NC(=O)COC(=O)c2cc(S(C)(=O)=O)ccc2Cl)c1. The first-order valence-corrected chi connectivity index (χ1v) is 9.88. The molecule has 6 nitrogen and oxygen atoms in total. The van der Waals surface area contributed by atoms with E-state index in [9.17, 15) is 18.0 Å². The van der Waals surface area contributed by atoms with Crippen LogP contribution in [0.25, 0.3) is 0 Å². The van der Waals surface area contributed by atoms with E-state index in [2.05, 4.69) is 5.32 Å². The van der Waals surface area contributed by atoms with Gasteiger partial charge in [0.1, 0.15) is 0 Å². The zero-order valence-corrected chi connectivity index (χ0v) is 16.1. The van der Waals surface area contributed by atoms with Gasteiger partial charge in [-0.1, -0.05) is 23.7 Å². The van der Waals surface area contributed by atoms with Crippen LogP contribution in [0.15, 0.2) is 41.3 Å². The molecule has 0 fully saturated rings. The minimum Gasteiger partial charge on any atom is -0.452 e. The van der Waals surface area contributed by atoms with Crippen molar-refractivity contribution in [3.8, 4) is 0 Å². The van der Waals surface area contributed by atoms with Gasteiger partial charge in [0, 0.05) is 11.9 Å². The third kappa shape index (κ3) is 5.06. The Morgan fingerprint density at radius 2 is 1.81 bits per heavy atom. The molecule has 0 atom stereocenters. The van der Waals surface area contributed by atoms with Crippen LogP contribution in [0.3, 0.4) is 0 Å². The Bertz CT molecular complexity index is 970. The van der Waals surface area contributed by atoms with Crippen molar-refractivity contribution >= 4 is 39.0 Å². The quantitative estimate of drug-likeness (QED) is 0.785. The fraction of sp³-hybridized carbons (Fsp3) is 0.222. The monoisotopic (exact) mass is 395 g/mol. The maximum absolute atomic E-state index is 12.1. The van der Waals surface area contributed by atoms with Gasteiger partial charge in [-0.3, -0.25) is 4.79 Å². The summed E-state index contributed by atoms with van der Waals surface area (Å²) in [6, 6.07) is 9.31. The van der Waals surface area contributed by atoms with Gasteiger partial charge < -0.3 is 10.1 Å². The average molecular weight is 396 g/mol. The number of esters is 1. The van der Waals surface area contributed by atoms with E-state index >= 15 is 0 Å². The highest BCUT2D eigenvalue weighted by Crippen LogP contribution is 2.21. The number of carbonyl (C=O) groups is 2. The molecule has 0 saturated carbocycles. The fourth-order valence-electron chi connectivity index (χ4n) is 2.16. The minimum atomic E-state index is -3.50. The van der Waals surface area contributed by atoms with E-state index < -0.39 is 28.3 Å². The highest BCUT2D eigenvalue weighted by Gasteiger charge is 2.18. The topological polar surface area (TPSA) is 89.5 Å². The molecule has 0 aromatic heterocycles. The molecule has 1 amide bonds. The Balaban J connectivity index is 2.06. The van der Waals surface area contributed by atoms with Crippen LogP contribution < -0.4 is 5.32 Å². The molecular formula is C18H18ClNO5S. The van der Waals surface area contributed by atoms with Crippen molar-refractivity contribution in [1.82, 2.24) is 0 Å². The first-order valence-electron chi connectivity index (χ1n) is 7.62. The molecule has 0 radical (unpaired) electrons. The van der Waals surface area contributed by atoms with Crippen LogP contribution in [0.2, 0.25) is 5.02 Å². The Labute approximate surface area is 157 Å². The van der Waals surface area contributed by atoms with Gasteiger partial charge in [0.2, 0.25) is 0 Å². The van der Waals surface area contributed by atoms with Gasteiger partial charge in [-0.05, 0) is 49.2 Å². The van der Waals surface area contributed by atoms with Crippen molar-refractivity contribution < 1.29 is 22.7 Å². The van der Waals surface area contributed by atoms with E-state index in [-0.39, 0.29) is 15.5 Å². The fourth-order valence-corrected chi connectivity index (χ4v) is 3.00. The maximum atomic E-state index is 12.1. The van der Waals surface area contributed by atoms with Crippen molar-refractivity contribution in [2.75, 3.05) is 18.2 Å². The van der Waals surface area contributed by atoms with Crippen molar-refractivity contribution in [3.05, 3.63) is 58.1 Å². The van der Waals surface area contributed by atoms with Crippen LogP contribution in [0.1, 0.15) is 21.5 Å². The summed E-state index contributed by atoms with van der Waals surface area (Å²) >= 11 is 5.93. The normalized spacial score (nSPS) is 11.1. The van der Waals surface area contributed by atoms with E-state index in [1.807, 2.05) is 32.0 Å². The lowest BCUT2D eigenvalue weighted by atomic mass is 10.1. The zero-order valence-electron chi connectivity index (χ0n) is 14.5. The smallest absolute Gasteiger partial charge is 0.340 e. The van der Waals surface area contributed by atoms with Gasteiger partial charge in [0.15, 0.2) is 16.4 Å². The third-order valence-corrected chi connectivity index (χ3v) is 5.03. The number of benzene rings is 2. The van der Waals surface area contributed by atoms with E-state index in [0.29, 0.717) is 5.69 Å². The minimum absolute atomic E-state index is 0.0392. The molecule has 0 bridgehead atoms. The molecule has 0 aliphatic heterocycles. The highest BCUT2D eigenvalue weighted by molar-refractivity contribution is 7.90. The van der Waals surface area contributed by atoms with E-state index in [1.54, 1.807) is 0 Å². The lowest BCUT2D eigenvalue weighted by Crippen LogP contribution is -2.21. The van der Waals surface area contributed by atoms with Gasteiger partial charge in [-0.2, -0.15) is 0 Å². The van der Waals surface area contributed by atoms with Crippen LogP contribution in [-0.2, 0) is 19.4 Å². The summed E-state index contributed by atoms with van der Waals surface area (Å²) in [5, 5.41) is 2.70. The van der Waals surface area contributed by atoms with Crippen LogP contribution in [0.4, 0.5) is 5.69 Å². The van der Waals surface area contributed by atoms with Crippen molar-refractivity contribution in [3.63, 3.8) is 0 Å². The molecule has 0 aliphatic carbocycles. The molecule has 0 spiro atoms. The number of halogens is 1. The second-order valence-electron chi connectivity index (χ2n) is 5.86. The van der Waals surface area contributed by atoms with Crippen molar-refractivity contribution in [2.45, 2.75) is 18.7 Å². The summed E-state index contributed by atoms with van der Waals surface area (Å²) < 4.78 is 28.1. The predicted octanol–water partition coefficient (Wildman–Crippen LogP) is 3.16. The number of amides is 1. The van der Waals surface area contributed by atoms with Gasteiger partial charge >= 0.3 is 5.97 Å². The molecule has 26 heavy (non-hydrogen) atoms. The molecule has 2 aromatic rings. The van der Waals surface area contributed by atoms with E-state index in [4.69, 9.17) is 16.3 Å². The van der Waals surface area contributed by atoms with E-state index in [1.165, 1.54) is 12.1 Å². The van der Waals surface area contributed by atoms with Crippen molar-refractivity contribution in [2.24, 2.45) is 0 Å². The summed E-state index contributed by atoms with van der Waals surface area (Å²) in [4.78, 5) is 24.1. The average Bonchev–Trinajstić information content (AvgIpc) is 2.55. The summed E-state index contributed by atoms with van der Waals surface area (Å²) in [5.41, 5.74) is 2.36. The number of sulfone groups is 1. The van der Waals surface area contributed by atoms with Crippen LogP contribution in [0, 0.1) is 13.8 Å². The number of anilines is 1. The summed E-state index contributed by atoms with van der Waals surface area (Å²) in [7, 11) is -3.50. The lowest BCUT2D eigenvalue weighted by Gasteiger charge is -2.10. The number of rotatable bonds is 5. The number of aryl methyl sites for hydroxylation is 2. The number of hydrogen-bond donors (Lipinski definition) is 1. The molecule has 2 aromatic carbocycles. The first kappa shape index (κ1) is 19.9. The summed E-state index contributed by atoms with van der Waals surface area (Å²) in [6.07, 6.45) is 1.02. The van der Waals surface area contributed by atoms with Crippen LogP contribution in [-0.4, -0.2) is 33.2 Å². The molecule has 2 rings (SSSR count). The third-order valence-electron chi connectivity index (χ3n) is 3.59. The van der Waals surface area contributed by atoms with Crippen LogP contribution in [0.5, 0.6) is 0 Å². The van der Waals surface area contributed by atoms with Gasteiger partial charge in [0.25, 0.3) is 5.91 Å². The molecular weight excluding hydrogens is 378 g/mol. The Hall–Kier alpha value is -2.38. The number of hydrogen-bond acceptors (Lipinski definition) is 5. The van der Waals surface area contributed by atoms with Crippen LogP contribution >= 0.6 is 11.6 Å². The Morgan fingerprint density at radius 3 is 2.46 bits per heavy atom. The molecule has 0 unspecified atom stereocenters. The first-order chi connectivity index (χ1) is 12.1. The number of carbonyl (C=O) groups excluding carboxylic acids is 2. The second kappa shape index (κ2) is 7.88. The molecule has 0 heterocycles. The number of nitrogens with one attached hydrogen (secondary N) is 1. The molecule has 8 heteroatoms. The molecule has 0 saturated heterocycles. The summed E-state index contributed by atoms with van der Waals surface area (Å²) in [6.45, 7) is 3.22. The van der Waals surface area contributed by atoms with Gasteiger partial charge in [-0.15, -0.1) is 0 Å². The van der Waals surface area contributed by atoms with Gasteiger partial charge in [0.05, 0.1) is 15.5 Å². The Kier molecular flexibility index (Phi) is 6.05. The highest BCUT2D eigenvalue weighted by atomic mass is 35.5. The lowest BCUT2D eigenvalue weighted by molar-refractivity contribution is -0.119. The van der Waals surface area contributed by atoms with Gasteiger partial charge in [-0.25, -0.2) is 13.2 Å². The summed E-state index contributed by atoms with van der Waals surface area (Å²) in [5.74, 6) is -1.39. The van der Waals surface area contributed by atoms with E-state index in [0.717, 1.165) is 23.4 Å². The predicted molar refractivity (Wildman–Crippen MR) is 99.4 cm³/mol. The largest absolute Gasteiger partial charge is 0.452 e. The Morgan fingerprint density at radius 1 is 1.12 bits per heavy atom. The van der Waals surface area contributed by atoms with Crippen molar-refractivity contribution in [1.29, 1.82) is 0 Å². The standard InChI is InChI=1S/C18H18ClNO5S/c1-11-4-5-12(2)16(8-11)20-17(21)10-25-18(22)14-9-13(26(3,23)24)6-7-15(14)19/h4-9H,10H2,1-3H3,(H,20,21). The second-order valence-corrected chi connectivity index (χ2v) is 8.28. The zero-order chi connectivity index (χ0) is 19.5. The number of ether oxygens (including phenoxy) is 1. The molecule has 0 aliphatic rings. The molecule has 1 N–H and O–H groups in total. The molecule has 138 valence electrons.